The van der Waals surface area contributed by atoms with Gasteiger partial charge in [0, 0.05) is 49.4 Å². The molecule has 3 aromatic heterocycles. The van der Waals surface area contributed by atoms with Gasteiger partial charge in [-0.2, -0.15) is 0 Å². The molecule has 85 heavy (non-hydrogen) atoms. The third kappa shape index (κ3) is 8.48. The van der Waals surface area contributed by atoms with E-state index in [1.54, 1.807) is 0 Å². The molecule has 3 heterocycles. The highest BCUT2D eigenvalue weighted by Gasteiger charge is 2.21. The van der Waals surface area contributed by atoms with Crippen LogP contribution in [0.2, 0.25) is 0 Å². The molecule has 0 unspecified atom stereocenters. The Labute approximate surface area is 495 Å². The molecule has 3 heteroatoms. The van der Waals surface area contributed by atoms with Gasteiger partial charge in [0.25, 0.3) is 0 Å². The molecule has 0 aliphatic carbocycles. The summed E-state index contributed by atoms with van der Waals surface area (Å²) in [5, 5.41) is 12.6. The van der Waals surface area contributed by atoms with Crippen LogP contribution in [-0.4, -0.2) is 13.7 Å². The molecule has 0 aliphatic rings. The van der Waals surface area contributed by atoms with Gasteiger partial charge in [-0.15, -0.1) is 0 Å². The average molecular weight is 1090 g/mol. The number of hydrogen-bond acceptors (Lipinski definition) is 0. The predicted molar refractivity (Wildman–Crippen MR) is 363 cm³/mol. The molecule has 0 spiro atoms. The van der Waals surface area contributed by atoms with Gasteiger partial charge in [-0.25, -0.2) is 0 Å². The van der Waals surface area contributed by atoms with Gasteiger partial charge >= 0.3 is 0 Å². The minimum atomic E-state index is 1.08. The minimum Gasteiger partial charge on any atom is -0.309 e. The first-order chi connectivity index (χ1) is 42.1. The number of hydrogen-bond donors (Lipinski definition) is 0. The molecule has 0 aliphatic heterocycles. The van der Waals surface area contributed by atoms with Crippen LogP contribution in [0.3, 0.4) is 0 Å². The van der Waals surface area contributed by atoms with Crippen molar-refractivity contribution in [2.75, 3.05) is 0 Å². The first kappa shape index (κ1) is 50.5. The maximum absolute atomic E-state index is 2.49. The Morgan fingerprint density at radius 1 is 0.224 bits per heavy atom. The summed E-state index contributed by atoms with van der Waals surface area (Å²) in [6.07, 6.45) is 6.87. The molecule has 16 aromatic rings. The number of fused-ring (bicyclic) bond motifs is 11. The fourth-order valence-electron chi connectivity index (χ4n) is 14.1. The van der Waals surface area contributed by atoms with E-state index in [-0.39, 0.29) is 0 Å². The van der Waals surface area contributed by atoms with E-state index in [9.17, 15) is 0 Å². The van der Waals surface area contributed by atoms with Crippen molar-refractivity contribution in [2.24, 2.45) is 0 Å². The lowest BCUT2D eigenvalue weighted by molar-refractivity contribution is 0.796. The van der Waals surface area contributed by atoms with Crippen molar-refractivity contribution in [3.05, 3.63) is 284 Å². The Morgan fingerprint density at radius 2 is 0.494 bits per heavy atom. The molecule has 0 amide bonds. The van der Waals surface area contributed by atoms with Crippen molar-refractivity contribution in [3.63, 3.8) is 0 Å². The van der Waals surface area contributed by atoms with Gasteiger partial charge in [0.05, 0.1) is 33.1 Å². The lowest BCUT2D eigenvalue weighted by Gasteiger charge is -2.18. The van der Waals surface area contributed by atoms with Crippen molar-refractivity contribution >= 4 is 87.0 Å². The Kier molecular flexibility index (Phi) is 12.4. The summed E-state index contributed by atoms with van der Waals surface area (Å²) in [4.78, 5) is 0. The lowest BCUT2D eigenvalue weighted by Crippen LogP contribution is -1.95. The lowest BCUT2D eigenvalue weighted by atomic mass is 9.86. The number of aromatic nitrogens is 3. The SMILES string of the molecule is CCCCc1ccc2c(c1)c1cc(-c3ccc4c(c3)c3cc(-c5ccc6c(c5)c5cc(CCCC)ccc5n6-c5ccccc5)ccc3n4-c3ccc(-c4c5ccccc5c(-c5ccccc5)c5ccccc45)cc3)ccc1n2-c1ccccc1. The third-order valence-electron chi connectivity index (χ3n) is 18.2. The van der Waals surface area contributed by atoms with Crippen molar-refractivity contribution in [1.29, 1.82) is 0 Å². The molecule has 0 saturated carbocycles. The van der Waals surface area contributed by atoms with Crippen molar-refractivity contribution in [2.45, 2.75) is 52.4 Å². The minimum absolute atomic E-state index is 1.08. The molecule has 0 fully saturated rings. The number of para-hydroxylation sites is 2. The first-order valence-electron chi connectivity index (χ1n) is 30.5. The molecule has 0 radical (unpaired) electrons. The summed E-state index contributed by atoms with van der Waals surface area (Å²) < 4.78 is 7.36. The molecular weight excluding hydrogens is 1030 g/mol. The molecule has 13 aromatic carbocycles. The van der Waals surface area contributed by atoms with Gasteiger partial charge in [0.1, 0.15) is 0 Å². The average Bonchev–Trinajstić information content (AvgIpc) is 2.69. The van der Waals surface area contributed by atoms with Crippen LogP contribution in [-0.2, 0) is 12.8 Å². The number of nitrogens with zero attached hydrogens (tertiary/aromatic N) is 3. The second-order valence-corrected chi connectivity index (χ2v) is 23.3. The monoisotopic (exact) mass is 1090 g/mol. The van der Waals surface area contributed by atoms with Crippen LogP contribution < -0.4 is 0 Å². The van der Waals surface area contributed by atoms with Crippen LogP contribution in [0, 0.1) is 0 Å². The van der Waals surface area contributed by atoms with E-state index < -0.39 is 0 Å². The van der Waals surface area contributed by atoms with Gasteiger partial charge in [-0.05, 0) is 212 Å². The molecule has 3 nitrogen and oxygen atoms in total. The van der Waals surface area contributed by atoms with E-state index in [0.29, 0.717) is 0 Å². The third-order valence-corrected chi connectivity index (χ3v) is 18.2. The van der Waals surface area contributed by atoms with Crippen LogP contribution in [0.4, 0.5) is 0 Å². The zero-order chi connectivity index (χ0) is 56.5. The first-order valence-corrected chi connectivity index (χ1v) is 30.5. The van der Waals surface area contributed by atoms with Crippen LogP contribution in [0.5, 0.6) is 0 Å². The smallest absolute Gasteiger partial charge is 0.0541 e. The molecule has 0 atom stereocenters. The van der Waals surface area contributed by atoms with Crippen molar-refractivity contribution < 1.29 is 0 Å². The number of rotatable bonds is 13. The predicted octanol–water partition coefficient (Wildman–Crippen LogP) is 22.6. The van der Waals surface area contributed by atoms with Gasteiger partial charge in [-0.3, -0.25) is 0 Å². The highest BCUT2D eigenvalue weighted by Crippen LogP contribution is 2.46. The zero-order valence-corrected chi connectivity index (χ0v) is 48.1. The topological polar surface area (TPSA) is 14.8 Å². The highest BCUT2D eigenvalue weighted by molar-refractivity contribution is 6.22. The largest absolute Gasteiger partial charge is 0.309 e. The normalized spacial score (nSPS) is 11.9. The Hall–Kier alpha value is -10.2. The van der Waals surface area contributed by atoms with Crippen LogP contribution in [0.1, 0.15) is 50.7 Å². The summed E-state index contributed by atoms with van der Waals surface area (Å²) in [5.74, 6) is 0. The zero-order valence-electron chi connectivity index (χ0n) is 48.1. The van der Waals surface area contributed by atoms with E-state index in [1.807, 2.05) is 0 Å². The number of benzene rings is 13. The van der Waals surface area contributed by atoms with E-state index in [0.717, 1.165) is 18.5 Å². The van der Waals surface area contributed by atoms with E-state index in [2.05, 4.69) is 301 Å². The summed E-state index contributed by atoms with van der Waals surface area (Å²) >= 11 is 0. The van der Waals surface area contributed by atoms with Gasteiger partial charge in [0.15, 0.2) is 0 Å². The Morgan fingerprint density at radius 3 is 0.835 bits per heavy atom. The second kappa shape index (κ2) is 20.9. The molecule has 0 bridgehead atoms. The standard InChI is InChI=1S/C82H63N3/c1-3-5-20-54-32-42-75-69(48-54)71-50-58(36-44-77(71)83(75)62-24-12-8-13-25-62)60-38-46-79-73(52-60)74-53-61(59-37-45-78-72(51-59)70-49-55(21-6-4-2)33-43-76(70)84(78)63-26-14-9-15-27-63)39-47-80(74)85(79)64-40-34-57(35-41-64)82-67-30-18-16-28-65(67)81(56-22-10-7-11-23-56)66-29-17-19-31-68(66)82/h7-19,22-53H,3-6,20-21H2,1-2H3. The van der Waals surface area contributed by atoms with E-state index in [1.165, 1.54) is 180 Å². The van der Waals surface area contributed by atoms with E-state index >= 15 is 0 Å². The van der Waals surface area contributed by atoms with Crippen LogP contribution in [0.15, 0.2) is 273 Å². The number of unbranched alkanes of at least 4 members (excludes halogenated alkanes) is 2. The number of aryl methyl sites for hydroxylation is 2. The van der Waals surface area contributed by atoms with Crippen LogP contribution in [0.25, 0.3) is 149 Å². The van der Waals surface area contributed by atoms with Gasteiger partial charge in [-0.1, -0.05) is 190 Å². The quantitative estimate of drug-likeness (QED) is 0.102. The molecule has 0 N–H and O–H groups in total. The summed E-state index contributed by atoms with van der Waals surface area (Å²) in [6.45, 7) is 4.56. The van der Waals surface area contributed by atoms with E-state index in [4.69, 9.17) is 0 Å². The Bertz CT molecular complexity index is 4950. The van der Waals surface area contributed by atoms with Crippen molar-refractivity contribution in [1.82, 2.24) is 13.7 Å². The van der Waals surface area contributed by atoms with Gasteiger partial charge in [0.2, 0.25) is 0 Å². The molecular formula is C82H63N3. The van der Waals surface area contributed by atoms with Gasteiger partial charge < -0.3 is 13.7 Å². The Balaban J connectivity index is 0.883. The molecule has 406 valence electrons. The maximum Gasteiger partial charge on any atom is 0.0541 e. The second-order valence-electron chi connectivity index (χ2n) is 23.3. The summed E-state index contributed by atoms with van der Waals surface area (Å²) in [7, 11) is 0. The highest BCUT2D eigenvalue weighted by atomic mass is 15.0. The molecule has 16 rings (SSSR count). The fourth-order valence-corrected chi connectivity index (χ4v) is 14.1. The van der Waals surface area contributed by atoms with Crippen LogP contribution >= 0.6 is 0 Å². The fraction of sp³-hybridized carbons (Fsp3) is 0.0976. The van der Waals surface area contributed by atoms with Crippen molar-refractivity contribution in [3.8, 4) is 61.6 Å². The summed E-state index contributed by atoms with van der Waals surface area (Å²) in [5.41, 5.74) is 23.3. The maximum atomic E-state index is 2.49. The molecule has 0 saturated heterocycles. The summed E-state index contributed by atoms with van der Waals surface area (Å²) in [6, 6.07) is 103.